The fraction of sp³-hybridized carbons (Fsp3) is 0.615. The van der Waals surface area contributed by atoms with Gasteiger partial charge in [0.2, 0.25) is 0 Å². The lowest BCUT2D eigenvalue weighted by Gasteiger charge is -2.09. The molecular formula is C13H20N2O5. The second-order valence-electron chi connectivity index (χ2n) is 4.40. The van der Waals surface area contributed by atoms with E-state index < -0.39 is 11.2 Å². The number of carbonyl (C=O) groups excluding carboxylic acids is 1. The van der Waals surface area contributed by atoms with Crippen LogP contribution in [0.3, 0.4) is 0 Å². The van der Waals surface area contributed by atoms with E-state index in [9.17, 15) is 14.4 Å². The molecule has 0 aliphatic carbocycles. The Morgan fingerprint density at radius 1 is 1.25 bits per heavy atom. The van der Waals surface area contributed by atoms with Gasteiger partial charge in [0.25, 0.3) is 5.56 Å². The number of ether oxygens (including phenoxy) is 2. The Kier molecular flexibility index (Phi) is 6.33. The van der Waals surface area contributed by atoms with Crippen molar-refractivity contribution in [2.45, 2.75) is 19.9 Å². The fourth-order valence-corrected chi connectivity index (χ4v) is 1.70. The zero-order valence-corrected chi connectivity index (χ0v) is 12.0. The number of aromatic nitrogens is 2. The second-order valence-corrected chi connectivity index (χ2v) is 4.40. The molecule has 1 aromatic heterocycles. The first-order valence-corrected chi connectivity index (χ1v) is 6.37. The smallest absolute Gasteiger partial charge is 0.330 e. The van der Waals surface area contributed by atoms with Crippen molar-refractivity contribution in [1.82, 2.24) is 9.13 Å². The van der Waals surface area contributed by atoms with Crippen LogP contribution in [0.4, 0.5) is 0 Å². The van der Waals surface area contributed by atoms with E-state index in [-0.39, 0.29) is 11.3 Å². The zero-order valence-electron chi connectivity index (χ0n) is 12.0. The summed E-state index contributed by atoms with van der Waals surface area (Å²) < 4.78 is 12.5. The highest BCUT2D eigenvalue weighted by Gasteiger charge is 2.11. The molecule has 0 aromatic carbocycles. The van der Waals surface area contributed by atoms with Crippen molar-refractivity contribution >= 4 is 5.78 Å². The van der Waals surface area contributed by atoms with Gasteiger partial charge in [-0.1, -0.05) is 0 Å². The van der Waals surface area contributed by atoms with Gasteiger partial charge in [-0.25, -0.2) is 4.79 Å². The van der Waals surface area contributed by atoms with Crippen molar-refractivity contribution in [3.05, 3.63) is 32.6 Å². The number of ketones is 1. The lowest BCUT2D eigenvalue weighted by Crippen LogP contribution is -2.40. The molecule has 1 heterocycles. The molecule has 20 heavy (non-hydrogen) atoms. The molecule has 112 valence electrons. The summed E-state index contributed by atoms with van der Waals surface area (Å²) in [5, 5.41) is 0. The quantitative estimate of drug-likeness (QED) is 0.488. The summed E-state index contributed by atoms with van der Waals surface area (Å²) in [6, 6.07) is 0. The van der Waals surface area contributed by atoms with Crippen LogP contribution in [0.15, 0.2) is 15.8 Å². The first kappa shape index (κ1) is 16.3. The highest BCUT2D eigenvalue weighted by Crippen LogP contribution is 1.92. The van der Waals surface area contributed by atoms with Crippen LogP contribution in [0.5, 0.6) is 0 Å². The summed E-state index contributed by atoms with van der Waals surface area (Å²) in [5.41, 5.74) is -1.02. The van der Waals surface area contributed by atoms with Gasteiger partial charge in [-0.05, 0) is 13.3 Å². The number of hydrogen-bond donors (Lipinski definition) is 0. The van der Waals surface area contributed by atoms with E-state index in [1.165, 1.54) is 24.7 Å². The molecule has 0 fully saturated rings. The number of methoxy groups -OCH3 is 1. The Morgan fingerprint density at radius 2 is 1.95 bits per heavy atom. The number of carbonyl (C=O) groups is 1. The van der Waals surface area contributed by atoms with Crippen molar-refractivity contribution < 1.29 is 14.3 Å². The molecule has 0 N–H and O–H groups in total. The van der Waals surface area contributed by atoms with E-state index in [0.717, 1.165) is 11.0 Å². The van der Waals surface area contributed by atoms with Crippen LogP contribution >= 0.6 is 0 Å². The molecule has 1 aromatic rings. The molecule has 0 bridgehead atoms. The van der Waals surface area contributed by atoms with Crippen molar-refractivity contribution in [2.24, 2.45) is 7.05 Å². The van der Waals surface area contributed by atoms with Gasteiger partial charge in [0.05, 0.1) is 18.7 Å². The van der Waals surface area contributed by atoms with Crippen LogP contribution in [0.25, 0.3) is 0 Å². The molecular weight excluding hydrogens is 264 g/mol. The van der Waals surface area contributed by atoms with Gasteiger partial charge in [-0.15, -0.1) is 0 Å². The summed E-state index contributed by atoms with van der Waals surface area (Å²) in [6.45, 7) is 3.08. The Hall–Kier alpha value is -1.73. The maximum absolute atomic E-state index is 11.9. The van der Waals surface area contributed by atoms with Gasteiger partial charge in [-0.3, -0.25) is 18.7 Å². The predicted octanol–water partition coefficient (Wildman–Crippen LogP) is -0.197. The fourth-order valence-electron chi connectivity index (χ4n) is 1.70. The van der Waals surface area contributed by atoms with E-state index in [1.807, 2.05) is 0 Å². The van der Waals surface area contributed by atoms with Crippen LogP contribution in [0.1, 0.15) is 23.7 Å². The molecule has 0 unspecified atom stereocenters. The van der Waals surface area contributed by atoms with Gasteiger partial charge >= 0.3 is 5.69 Å². The van der Waals surface area contributed by atoms with E-state index in [2.05, 4.69) is 0 Å². The Bertz CT molecular complexity index is 573. The summed E-state index contributed by atoms with van der Waals surface area (Å²) in [4.78, 5) is 34.9. The van der Waals surface area contributed by atoms with Crippen molar-refractivity contribution in [2.75, 3.05) is 26.9 Å². The summed E-state index contributed by atoms with van der Waals surface area (Å²) in [5.74, 6) is -0.361. The minimum Gasteiger partial charge on any atom is -0.385 e. The average Bonchev–Trinajstić information content (AvgIpc) is 2.42. The Morgan fingerprint density at radius 3 is 2.55 bits per heavy atom. The SMILES string of the molecule is COCCCOCCn1cc(C(C)=O)c(=O)n(C)c1=O. The van der Waals surface area contributed by atoms with E-state index in [1.54, 1.807) is 7.11 Å². The van der Waals surface area contributed by atoms with Crippen LogP contribution < -0.4 is 11.2 Å². The summed E-state index contributed by atoms with van der Waals surface area (Å²) in [7, 11) is 2.97. The molecule has 0 aliphatic heterocycles. The first-order chi connectivity index (χ1) is 9.49. The number of Topliss-reactive ketones (excluding diaryl/α,β-unsaturated/α-hetero) is 1. The van der Waals surface area contributed by atoms with Crippen LogP contribution in [-0.2, 0) is 23.1 Å². The molecule has 7 heteroatoms. The third-order valence-corrected chi connectivity index (χ3v) is 2.85. The molecule has 0 atom stereocenters. The lowest BCUT2D eigenvalue weighted by molar-refractivity contribution is 0.0961. The molecule has 0 saturated carbocycles. The number of rotatable bonds is 8. The maximum Gasteiger partial charge on any atom is 0.330 e. The molecule has 0 aliphatic rings. The summed E-state index contributed by atoms with van der Waals surface area (Å²) in [6.07, 6.45) is 2.07. The predicted molar refractivity (Wildman–Crippen MR) is 73.3 cm³/mol. The van der Waals surface area contributed by atoms with Crippen LogP contribution in [0, 0.1) is 0 Å². The van der Waals surface area contributed by atoms with E-state index in [0.29, 0.717) is 26.4 Å². The lowest BCUT2D eigenvalue weighted by atomic mass is 10.2. The second kappa shape index (κ2) is 7.76. The summed E-state index contributed by atoms with van der Waals surface area (Å²) >= 11 is 0. The standard InChI is InChI=1S/C13H20N2O5/c1-10(16)11-9-15(13(18)14(2)12(11)17)5-8-20-7-4-6-19-3/h9H,4-8H2,1-3H3. The van der Waals surface area contributed by atoms with Gasteiger partial charge in [0, 0.05) is 33.6 Å². The van der Waals surface area contributed by atoms with Crippen molar-refractivity contribution in [3.63, 3.8) is 0 Å². The molecule has 7 nitrogen and oxygen atoms in total. The minimum atomic E-state index is -0.570. The first-order valence-electron chi connectivity index (χ1n) is 6.37. The van der Waals surface area contributed by atoms with Crippen molar-refractivity contribution in [3.8, 4) is 0 Å². The van der Waals surface area contributed by atoms with E-state index >= 15 is 0 Å². The maximum atomic E-state index is 11.9. The minimum absolute atomic E-state index is 0.00600. The molecule has 0 radical (unpaired) electrons. The molecule has 0 amide bonds. The van der Waals surface area contributed by atoms with E-state index in [4.69, 9.17) is 9.47 Å². The van der Waals surface area contributed by atoms with Gasteiger partial charge < -0.3 is 9.47 Å². The average molecular weight is 284 g/mol. The third kappa shape index (κ3) is 4.14. The zero-order chi connectivity index (χ0) is 15.1. The largest absolute Gasteiger partial charge is 0.385 e. The highest BCUT2D eigenvalue weighted by molar-refractivity contribution is 5.93. The molecule has 0 saturated heterocycles. The highest BCUT2D eigenvalue weighted by atomic mass is 16.5. The van der Waals surface area contributed by atoms with Crippen LogP contribution in [-0.4, -0.2) is 41.8 Å². The Balaban J connectivity index is 2.73. The normalized spacial score (nSPS) is 10.8. The molecule has 0 spiro atoms. The topological polar surface area (TPSA) is 79.5 Å². The number of hydrogen-bond acceptors (Lipinski definition) is 5. The van der Waals surface area contributed by atoms with Crippen molar-refractivity contribution in [1.29, 1.82) is 0 Å². The van der Waals surface area contributed by atoms with Gasteiger partial charge in [-0.2, -0.15) is 0 Å². The monoisotopic (exact) mass is 284 g/mol. The number of nitrogens with zero attached hydrogens (tertiary/aromatic N) is 2. The van der Waals surface area contributed by atoms with Gasteiger partial charge in [0.1, 0.15) is 0 Å². The molecule has 1 rings (SSSR count). The third-order valence-electron chi connectivity index (χ3n) is 2.85. The Labute approximate surface area is 116 Å². The van der Waals surface area contributed by atoms with Gasteiger partial charge in [0.15, 0.2) is 5.78 Å². The van der Waals surface area contributed by atoms with Crippen LogP contribution in [0.2, 0.25) is 0 Å².